The quantitative estimate of drug-likeness (QED) is 0.784. The highest BCUT2D eigenvalue weighted by molar-refractivity contribution is 5.81. The van der Waals surface area contributed by atoms with Crippen LogP contribution < -0.4 is 11.1 Å². The van der Waals surface area contributed by atoms with Crippen molar-refractivity contribution < 1.29 is 9.53 Å². The Hall–Kier alpha value is -1.92. The monoisotopic (exact) mass is 330 g/mol. The number of nitrogens with one attached hydrogen (secondary N) is 1. The zero-order valence-corrected chi connectivity index (χ0v) is 14.2. The van der Waals surface area contributed by atoms with E-state index >= 15 is 0 Å². The van der Waals surface area contributed by atoms with E-state index in [0.717, 1.165) is 42.5 Å². The van der Waals surface area contributed by atoms with E-state index in [1.807, 2.05) is 25.2 Å². The van der Waals surface area contributed by atoms with Gasteiger partial charge in [-0.15, -0.1) is 0 Å². The summed E-state index contributed by atoms with van der Waals surface area (Å²) < 4.78 is 7.43. The van der Waals surface area contributed by atoms with Crippen LogP contribution >= 0.6 is 0 Å². The molecule has 2 heterocycles. The third-order valence-corrected chi connectivity index (χ3v) is 4.83. The fourth-order valence-corrected chi connectivity index (χ4v) is 3.28. The number of imidazole rings is 1. The van der Waals surface area contributed by atoms with Crippen molar-refractivity contribution in [1.82, 2.24) is 14.9 Å². The Balaban J connectivity index is 1.46. The number of para-hydroxylation sites is 2. The summed E-state index contributed by atoms with van der Waals surface area (Å²) in [6.07, 6.45) is 3.42. The maximum Gasteiger partial charge on any atom is 0.237 e. The molecule has 1 fully saturated rings. The van der Waals surface area contributed by atoms with Crippen LogP contribution in [0.1, 0.15) is 25.1 Å². The Bertz CT molecular complexity index is 691. The van der Waals surface area contributed by atoms with Crippen molar-refractivity contribution >= 4 is 16.9 Å². The highest BCUT2D eigenvalue weighted by Gasteiger charge is 2.26. The number of nitrogens with zero attached hydrogens (tertiary/aromatic N) is 2. The van der Waals surface area contributed by atoms with Gasteiger partial charge in [-0.25, -0.2) is 4.98 Å². The van der Waals surface area contributed by atoms with Crippen LogP contribution in [0, 0.1) is 5.92 Å². The molecule has 1 aromatic carbocycles. The first-order valence-electron chi connectivity index (χ1n) is 8.68. The molecular formula is C18H26N4O2. The summed E-state index contributed by atoms with van der Waals surface area (Å²) >= 11 is 0. The van der Waals surface area contributed by atoms with Crippen LogP contribution in [0.2, 0.25) is 0 Å². The summed E-state index contributed by atoms with van der Waals surface area (Å²) in [4.78, 5) is 16.8. The van der Waals surface area contributed by atoms with Crippen molar-refractivity contribution in [2.45, 2.75) is 31.7 Å². The number of hydrogen-bond donors (Lipinski definition) is 2. The average Bonchev–Trinajstić information content (AvgIpc) is 2.95. The second-order valence-corrected chi connectivity index (χ2v) is 6.45. The number of benzene rings is 1. The number of aryl methyl sites for hydroxylation is 2. The Morgan fingerprint density at radius 2 is 2.17 bits per heavy atom. The number of aromatic nitrogens is 2. The molecule has 1 aliphatic rings. The van der Waals surface area contributed by atoms with Gasteiger partial charge in [0.15, 0.2) is 0 Å². The van der Waals surface area contributed by atoms with Gasteiger partial charge in [0, 0.05) is 33.2 Å². The summed E-state index contributed by atoms with van der Waals surface area (Å²) in [5.41, 5.74) is 8.23. The van der Waals surface area contributed by atoms with Crippen molar-refractivity contribution in [2.24, 2.45) is 18.7 Å². The number of carbonyl (C=O) groups excluding carboxylic acids is 1. The van der Waals surface area contributed by atoms with Crippen LogP contribution in [0.4, 0.5) is 0 Å². The van der Waals surface area contributed by atoms with Gasteiger partial charge in [0.05, 0.1) is 17.1 Å². The van der Waals surface area contributed by atoms with Crippen LogP contribution in [-0.4, -0.2) is 41.3 Å². The molecule has 0 spiro atoms. The number of hydrogen-bond acceptors (Lipinski definition) is 4. The highest BCUT2D eigenvalue weighted by Crippen LogP contribution is 2.18. The summed E-state index contributed by atoms with van der Waals surface area (Å²) in [5, 5.41) is 2.96. The van der Waals surface area contributed by atoms with E-state index in [-0.39, 0.29) is 11.8 Å². The van der Waals surface area contributed by atoms with Crippen molar-refractivity contribution in [3.63, 3.8) is 0 Å². The second kappa shape index (κ2) is 7.77. The molecule has 1 atom stereocenters. The van der Waals surface area contributed by atoms with E-state index in [9.17, 15) is 4.79 Å². The van der Waals surface area contributed by atoms with E-state index in [1.165, 1.54) is 0 Å². The molecule has 1 amide bonds. The highest BCUT2D eigenvalue weighted by atomic mass is 16.5. The maximum atomic E-state index is 12.2. The Kier molecular flexibility index (Phi) is 5.48. The molecule has 1 saturated heterocycles. The van der Waals surface area contributed by atoms with Gasteiger partial charge in [0.2, 0.25) is 5.91 Å². The SMILES string of the molecule is Cn1c(CCCNC(=O)C(N)C2CCOCC2)nc2ccccc21. The molecule has 6 heteroatoms. The van der Waals surface area contributed by atoms with E-state index in [2.05, 4.69) is 20.9 Å². The maximum absolute atomic E-state index is 12.2. The largest absolute Gasteiger partial charge is 0.381 e. The first-order valence-corrected chi connectivity index (χ1v) is 8.68. The van der Waals surface area contributed by atoms with Crippen LogP contribution in [0.15, 0.2) is 24.3 Å². The van der Waals surface area contributed by atoms with E-state index in [1.54, 1.807) is 0 Å². The molecule has 1 aliphatic heterocycles. The molecule has 3 N–H and O–H groups in total. The van der Waals surface area contributed by atoms with Crippen LogP contribution in [0.3, 0.4) is 0 Å². The summed E-state index contributed by atoms with van der Waals surface area (Å²) in [7, 11) is 2.03. The van der Waals surface area contributed by atoms with Gasteiger partial charge >= 0.3 is 0 Å². The molecule has 24 heavy (non-hydrogen) atoms. The molecule has 0 radical (unpaired) electrons. The van der Waals surface area contributed by atoms with Crippen molar-refractivity contribution in [2.75, 3.05) is 19.8 Å². The van der Waals surface area contributed by atoms with Gasteiger partial charge in [-0.1, -0.05) is 12.1 Å². The van der Waals surface area contributed by atoms with E-state index in [0.29, 0.717) is 19.8 Å². The first-order chi connectivity index (χ1) is 11.7. The lowest BCUT2D eigenvalue weighted by molar-refractivity contribution is -0.124. The number of amides is 1. The molecule has 0 saturated carbocycles. The van der Waals surface area contributed by atoms with Gasteiger partial charge in [0.1, 0.15) is 5.82 Å². The zero-order valence-electron chi connectivity index (χ0n) is 14.2. The van der Waals surface area contributed by atoms with Gasteiger partial charge < -0.3 is 20.4 Å². The topological polar surface area (TPSA) is 82.2 Å². The lowest BCUT2D eigenvalue weighted by Crippen LogP contribution is -2.47. The van der Waals surface area contributed by atoms with Gasteiger partial charge in [0.25, 0.3) is 0 Å². The fourth-order valence-electron chi connectivity index (χ4n) is 3.28. The van der Waals surface area contributed by atoms with Crippen molar-refractivity contribution in [3.8, 4) is 0 Å². The van der Waals surface area contributed by atoms with E-state index < -0.39 is 6.04 Å². The molecule has 0 aliphatic carbocycles. The number of carbonyl (C=O) groups is 1. The summed E-state index contributed by atoms with van der Waals surface area (Å²) in [6.45, 7) is 2.04. The number of nitrogens with two attached hydrogens (primary N) is 1. The Morgan fingerprint density at radius 3 is 2.92 bits per heavy atom. The minimum Gasteiger partial charge on any atom is -0.381 e. The molecule has 2 aromatic rings. The summed E-state index contributed by atoms with van der Waals surface area (Å²) in [5.74, 6) is 1.23. The number of rotatable bonds is 6. The Labute approximate surface area is 142 Å². The standard InChI is InChI=1S/C18H26N4O2/c1-22-15-6-3-2-5-14(15)21-16(22)7-4-10-20-18(23)17(19)13-8-11-24-12-9-13/h2-3,5-6,13,17H,4,7-12,19H2,1H3,(H,20,23). The molecule has 1 unspecified atom stereocenters. The average molecular weight is 330 g/mol. The van der Waals surface area contributed by atoms with Crippen LogP contribution in [-0.2, 0) is 23.0 Å². The van der Waals surface area contributed by atoms with Crippen LogP contribution in [0.25, 0.3) is 11.0 Å². The minimum absolute atomic E-state index is 0.0492. The molecular weight excluding hydrogens is 304 g/mol. The molecule has 3 rings (SSSR count). The van der Waals surface area contributed by atoms with Gasteiger partial charge in [-0.05, 0) is 37.3 Å². The smallest absolute Gasteiger partial charge is 0.237 e. The van der Waals surface area contributed by atoms with Gasteiger partial charge in [-0.3, -0.25) is 4.79 Å². The van der Waals surface area contributed by atoms with Gasteiger partial charge in [-0.2, -0.15) is 0 Å². The van der Waals surface area contributed by atoms with Crippen molar-refractivity contribution in [1.29, 1.82) is 0 Å². The predicted octanol–water partition coefficient (Wildman–Crippen LogP) is 1.38. The summed E-state index contributed by atoms with van der Waals surface area (Å²) in [6, 6.07) is 7.68. The number of fused-ring (bicyclic) bond motifs is 1. The predicted molar refractivity (Wildman–Crippen MR) is 93.6 cm³/mol. The Morgan fingerprint density at radius 1 is 1.42 bits per heavy atom. The zero-order chi connectivity index (χ0) is 16.9. The normalized spacial score (nSPS) is 17.1. The third-order valence-electron chi connectivity index (χ3n) is 4.83. The third kappa shape index (κ3) is 3.76. The molecule has 0 bridgehead atoms. The molecule has 1 aromatic heterocycles. The van der Waals surface area contributed by atoms with E-state index in [4.69, 9.17) is 10.5 Å². The first kappa shape index (κ1) is 16.9. The van der Waals surface area contributed by atoms with Crippen LogP contribution in [0.5, 0.6) is 0 Å². The lowest BCUT2D eigenvalue weighted by atomic mass is 9.92. The fraction of sp³-hybridized carbons (Fsp3) is 0.556. The molecule has 130 valence electrons. The van der Waals surface area contributed by atoms with Crippen molar-refractivity contribution in [3.05, 3.63) is 30.1 Å². The lowest BCUT2D eigenvalue weighted by Gasteiger charge is -2.26. The second-order valence-electron chi connectivity index (χ2n) is 6.45. The molecule has 6 nitrogen and oxygen atoms in total. The minimum atomic E-state index is -0.426. The number of ether oxygens (including phenoxy) is 1.